The highest BCUT2D eigenvalue weighted by Crippen LogP contribution is 2.32. The molecule has 1 saturated heterocycles. The van der Waals surface area contributed by atoms with Gasteiger partial charge in [-0.25, -0.2) is 9.78 Å². The number of benzene rings is 2. The number of nitriles is 1. The molecular formula is C27H26N6O4. The molecule has 188 valence electrons. The molecule has 0 spiro atoms. The number of hydrogen-bond acceptors (Lipinski definition) is 7. The fourth-order valence-corrected chi connectivity index (χ4v) is 4.28. The Morgan fingerprint density at radius 3 is 2.51 bits per heavy atom. The van der Waals surface area contributed by atoms with Crippen LogP contribution >= 0.6 is 0 Å². The maximum atomic E-state index is 13.0. The number of nitrogens with one attached hydrogen (secondary N) is 2. The van der Waals surface area contributed by atoms with Crippen molar-refractivity contribution in [3.05, 3.63) is 77.5 Å². The van der Waals surface area contributed by atoms with Crippen LogP contribution < -0.4 is 25.0 Å². The van der Waals surface area contributed by atoms with E-state index < -0.39 is 0 Å². The van der Waals surface area contributed by atoms with Crippen LogP contribution in [0.1, 0.15) is 21.5 Å². The van der Waals surface area contributed by atoms with Crippen molar-refractivity contribution in [1.29, 1.82) is 5.26 Å². The third kappa shape index (κ3) is 5.56. The summed E-state index contributed by atoms with van der Waals surface area (Å²) in [6.07, 6.45) is 2.00. The van der Waals surface area contributed by atoms with E-state index in [4.69, 9.17) is 14.7 Å². The van der Waals surface area contributed by atoms with E-state index >= 15 is 0 Å². The van der Waals surface area contributed by atoms with E-state index in [1.165, 1.54) is 0 Å². The highest BCUT2D eigenvalue weighted by atomic mass is 16.7. The number of amides is 3. The van der Waals surface area contributed by atoms with Crippen molar-refractivity contribution in [2.75, 3.05) is 43.2 Å². The first kappa shape index (κ1) is 23.9. The Labute approximate surface area is 214 Å². The van der Waals surface area contributed by atoms with Gasteiger partial charge in [0.1, 0.15) is 5.82 Å². The first-order chi connectivity index (χ1) is 18.1. The summed E-state index contributed by atoms with van der Waals surface area (Å²) in [7, 11) is 0. The predicted octanol–water partition coefficient (Wildman–Crippen LogP) is 3.16. The van der Waals surface area contributed by atoms with Gasteiger partial charge in [0.2, 0.25) is 6.79 Å². The zero-order valence-electron chi connectivity index (χ0n) is 20.1. The number of carbonyl (C=O) groups excluding carboxylic acids is 2. The molecule has 10 nitrogen and oxygen atoms in total. The van der Waals surface area contributed by atoms with Crippen LogP contribution in [0.4, 0.5) is 16.3 Å². The minimum absolute atomic E-state index is 0.185. The molecule has 37 heavy (non-hydrogen) atoms. The average molecular weight is 499 g/mol. The topological polar surface area (TPSA) is 120 Å². The van der Waals surface area contributed by atoms with Crippen molar-refractivity contribution in [2.24, 2.45) is 0 Å². The van der Waals surface area contributed by atoms with Crippen molar-refractivity contribution in [2.45, 2.75) is 13.0 Å². The molecule has 0 atom stereocenters. The molecule has 2 aliphatic heterocycles. The fraction of sp³-hybridized carbons (Fsp3) is 0.259. The molecule has 3 heterocycles. The average Bonchev–Trinajstić information content (AvgIpc) is 3.41. The lowest BCUT2D eigenvalue weighted by Crippen LogP contribution is -2.50. The van der Waals surface area contributed by atoms with Gasteiger partial charge in [-0.05, 0) is 47.5 Å². The van der Waals surface area contributed by atoms with Gasteiger partial charge in [0, 0.05) is 44.6 Å². The van der Waals surface area contributed by atoms with E-state index in [0.717, 1.165) is 11.1 Å². The van der Waals surface area contributed by atoms with Gasteiger partial charge in [-0.1, -0.05) is 18.2 Å². The molecule has 10 heteroatoms. The number of carbonyl (C=O) groups is 2. The third-order valence-corrected chi connectivity index (χ3v) is 6.28. The second-order valence-corrected chi connectivity index (χ2v) is 8.68. The lowest BCUT2D eigenvalue weighted by molar-refractivity contribution is 0.0950. The summed E-state index contributed by atoms with van der Waals surface area (Å²) in [5.74, 6) is 1.75. The Hall–Kier alpha value is -4.78. The molecule has 0 aliphatic carbocycles. The lowest BCUT2D eigenvalue weighted by Gasteiger charge is -2.36. The molecule has 0 unspecified atom stereocenters. The van der Waals surface area contributed by atoms with Crippen molar-refractivity contribution in [1.82, 2.24) is 15.2 Å². The van der Waals surface area contributed by atoms with Gasteiger partial charge in [-0.2, -0.15) is 5.26 Å². The first-order valence-corrected chi connectivity index (χ1v) is 12.0. The van der Waals surface area contributed by atoms with Crippen LogP contribution in [0.15, 0.2) is 60.8 Å². The molecule has 1 fully saturated rings. The van der Waals surface area contributed by atoms with Gasteiger partial charge in [0.05, 0.1) is 18.1 Å². The van der Waals surface area contributed by atoms with Crippen molar-refractivity contribution in [3.8, 4) is 17.6 Å². The zero-order valence-corrected chi connectivity index (χ0v) is 20.1. The number of urea groups is 1. The number of pyridine rings is 1. The van der Waals surface area contributed by atoms with Gasteiger partial charge in [0.25, 0.3) is 5.91 Å². The minimum atomic E-state index is -0.221. The largest absolute Gasteiger partial charge is 0.454 e. The number of hydrogen-bond donors (Lipinski definition) is 2. The number of rotatable bonds is 6. The van der Waals surface area contributed by atoms with Gasteiger partial charge < -0.3 is 29.9 Å². The van der Waals surface area contributed by atoms with Crippen LogP contribution in [0, 0.1) is 11.3 Å². The number of nitrogens with zero attached hydrogens (tertiary/aromatic N) is 4. The highest BCUT2D eigenvalue weighted by molar-refractivity contribution is 5.99. The summed E-state index contributed by atoms with van der Waals surface area (Å²) in [6.45, 7) is 2.63. The fourth-order valence-electron chi connectivity index (χ4n) is 4.28. The lowest BCUT2D eigenvalue weighted by atomic mass is 10.1. The standard InChI is InChI=1S/C27H26N6O4/c28-10-9-19-3-6-21(7-4-19)31-27(35)33-14-12-32(13-15-33)25-22(2-1-11-29-25)26(34)30-17-20-5-8-23-24(16-20)37-18-36-23/h1-8,11,16H,9,12-15,17-18H2,(H,30,34)(H,31,35). The molecule has 2 N–H and O–H groups in total. The van der Waals surface area contributed by atoms with E-state index in [2.05, 4.69) is 21.7 Å². The molecule has 1 aromatic heterocycles. The van der Waals surface area contributed by atoms with Crippen molar-refractivity contribution < 1.29 is 19.1 Å². The molecule has 2 aliphatic rings. The number of anilines is 2. The number of ether oxygens (including phenoxy) is 2. The quantitative estimate of drug-likeness (QED) is 0.536. The summed E-state index contributed by atoms with van der Waals surface area (Å²) in [6, 6.07) is 18.3. The monoisotopic (exact) mass is 498 g/mol. The Morgan fingerprint density at radius 2 is 1.73 bits per heavy atom. The summed E-state index contributed by atoms with van der Waals surface area (Å²) in [5.41, 5.74) is 2.97. The summed E-state index contributed by atoms with van der Waals surface area (Å²) in [5, 5.41) is 14.7. The Kier molecular flexibility index (Phi) is 7.03. The maximum Gasteiger partial charge on any atom is 0.321 e. The van der Waals surface area contributed by atoms with Gasteiger partial charge in [-0.15, -0.1) is 0 Å². The first-order valence-electron chi connectivity index (χ1n) is 12.0. The molecule has 5 rings (SSSR count). The van der Waals surface area contributed by atoms with Crippen LogP contribution in [0.3, 0.4) is 0 Å². The molecule has 0 saturated carbocycles. The molecule has 3 aromatic rings. The normalized spacial score (nSPS) is 14.1. The second kappa shape index (κ2) is 10.9. The smallest absolute Gasteiger partial charge is 0.321 e. The molecular weight excluding hydrogens is 472 g/mol. The van der Waals surface area contributed by atoms with Gasteiger partial charge >= 0.3 is 6.03 Å². The van der Waals surface area contributed by atoms with Crippen LogP contribution in [0.5, 0.6) is 11.5 Å². The maximum absolute atomic E-state index is 13.0. The SMILES string of the molecule is N#CCc1ccc(NC(=O)N2CCN(c3ncccc3C(=O)NCc3ccc4c(c3)OCO4)CC2)cc1. The summed E-state index contributed by atoms with van der Waals surface area (Å²) >= 11 is 0. The number of aromatic nitrogens is 1. The predicted molar refractivity (Wildman–Crippen MR) is 137 cm³/mol. The molecule has 0 bridgehead atoms. The Balaban J connectivity index is 1.17. The minimum Gasteiger partial charge on any atom is -0.454 e. The number of fused-ring (bicyclic) bond motifs is 1. The van der Waals surface area contributed by atoms with E-state index in [9.17, 15) is 9.59 Å². The second-order valence-electron chi connectivity index (χ2n) is 8.68. The summed E-state index contributed by atoms with van der Waals surface area (Å²) < 4.78 is 10.7. The van der Waals surface area contributed by atoms with Crippen LogP contribution in [0.2, 0.25) is 0 Å². The van der Waals surface area contributed by atoms with Crippen LogP contribution in [-0.2, 0) is 13.0 Å². The van der Waals surface area contributed by atoms with Crippen molar-refractivity contribution in [3.63, 3.8) is 0 Å². The summed E-state index contributed by atoms with van der Waals surface area (Å²) in [4.78, 5) is 34.0. The third-order valence-electron chi connectivity index (χ3n) is 6.28. The molecule has 0 radical (unpaired) electrons. The van der Waals surface area contributed by atoms with Gasteiger partial charge in [0.15, 0.2) is 11.5 Å². The van der Waals surface area contributed by atoms with Gasteiger partial charge in [-0.3, -0.25) is 4.79 Å². The van der Waals surface area contributed by atoms with Crippen LogP contribution in [-0.4, -0.2) is 54.8 Å². The van der Waals surface area contributed by atoms with E-state index in [0.29, 0.717) is 67.7 Å². The highest BCUT2D eigenvalue weighted by Gasteiger charge is 2.25. The molecule has 2 aromatic carbocycles. The Morgan fingerprint density at radius 1 is 0.973 bits per heavy atom. The van der Waals surface area contributed by atoms with E-state index in [1.807, 2.05) is 35.2 Å². The van der Waals surface area contributed by atoms with Crippen LogP contribution in [0.25, 0.3) is 0 Å². The Bertz CT molecular complexity index is 1330. The number of piperazine rings is 1. The van der Waals surface area contributed by atoms with Crippen molar-refractivity contribution >= 4 is 23.4 Å². The van der Waals surface area contributed by atoms with E-state index in [-0.39, 0.29) is 18.7 Å². The zero-order chi connectivity index (χ0) is 25.6. The van der Waals surface area contributed by atoms with E-state index in [1.54, 1.807) is 35.4 Å². The molecule has 3 amide bonds.